The van der Waals surface area contributed by atoms with E-state index in [0.717, 1.165) is 5.56 Å². The number of ether oxygens (including phenoxy) is 2. The number of rotatable bonds is 6. The first-order chi connectivity index (χ1) is 18.4. The van der Waals surface area contributed by atoms with Gasteiger partial charge in [0, 0.05) is 37.1 Å². The van der Waals surface area contributed by atoms with Crippen molar-refractivity contribution in [3.8, 4) is 5.75 Å². The molecule has 2 aliphatic rings. The van der Waals surface area contributed by atoms with Crippen LogP contribution in [0.15, 0.2) is 71.3 Å². The fraction of sp³-hybridized carbons (Fsp3) is 0.345. The highest BCUT2D eigenvalue weighted by Crippen LogP contribution is 2.39. The van der Waals surface area contributed by atoms with Gasteiger partial charge < -0.3 is 24.1 Å². The molecule has 0 radical (unpaired) electrons. The second-order valence-corrected chi connectivity index (χ2v) is 9.58. The van der Waals surface area contributed by atoms with Crippen LogP contribution in [-0.2, 0) is 16.1 Å². The van der Waals surface area contributed by atoms with Crippen molar-refractivity contribution in [1.82, 2.24) is 15.1 Å². The van der Waals surface area contributed by atoms with Crippen LogP contribution in [0.4, 0.5) is 0 Å². The Kier molecular flexibility index (Phi) is 7.20. The molecular formula is C29H31N3O6. The highest BCUT2D eigenvalue weighted by molar-refractivity contribution is 5.99. The zero-order valence-corrected chi connectivity index (χ0v) is 21.5. The van der Waals surface area contributed by atoms with E-state index in [4.69, 9.17) is 13.9 Å². The van der Waals surface area contributed by atoms with Gasteiger partial charge in [0.2, 0.25) is 5.91 Å². The van der Waals surface area contributed by atoms with E-state index in [2.05, 4.69) is 5.32 Å². The van der Waals surface area contributed by atoms with Gasteiger partial charge in [0.1, 0.15) is 23.3 Å². The number of carbonyl (C=O) groups excluding carboxylic acids is 3. The predicted molar refractivity (Wildman–Crippen MR) is 139 cm³/mol. The minimum atomic E-state index is -0.989. The van der Waals surface area contributed by atoms with Crippen LogP contribution >= 0.6 is 0 Å². The van der Waals surface area contributed by atoms with Crippen LogP contribution in [0, 0.1) is 6.92 Å². The number of nitrogens with one attached hydrogen (secondary N) is 1. The molecule has 0 bridgehead atoms. The van der Waals surface area contributed by atoms with E-state index in [1.54, 1.807) is 65.6 Å². The quantitative estimate of drug-likeness (QED) is 0.538. The summed E-state index contributed by atoms with van der Waals surface area (Å²) in [6.45, 7) is 2.93. The number of hydrogen-bond donors (Lipinski definition) is 1. The predicted octanol–water partition coefficient (Wildman–Crippen LogP) is 3.39. The summed E-state index contributed by atoms with van der Waals surface area (Å²) in [5.74, 6) is 0.553. The lowest BCUT2D eigenvalue weighted by Gasteiger charge is -2.44. The SMILES string of the molecule is COc1cccc(C(=O)N2CCC3(CC2)OC[C@H](C(=O)NCc2ccco2)N3C(=O)c2ccccc2C)c1. The Labute approximate surface area is 221 Å². The zero-order chi connectivity index (χ0) is 26.7. The molecule has 1 spiro atoms. The summed E-state index contributed by atoms with van der Waals surface area (Å²) >= 11 is 0. The summed E-state index contributed by atoms with van der Waals surface area (Å²) in [5, 5.41) is 2.88. The van der Waals surface area contributed by atoms with E-state index in [9.17, 15) is 14.4 Å². The molecule has 0 aliphatic carbocycles. The van der Waals surface area contributed by atoms with Crippen LogP contribution in [0.5, 0.6) is 5.75 Å². The number of hydrogen-bond acceptors (Lipinski definition) is 6. The van der Waals surface area contributed by atoms with E-state index in [1.807, 2.05) is 25.1 Å². The Hall–Kier alpha value is -4.11. The van der Waals surface area contributed by atoms with Gasteiger partial charge in [-0.25, -0.2) is 0 Å². The molecule has 2 aliphatic heterocycles. The van der Waals surface area contributed by atoms with Crippen molar-refractivity contribution in [2.45, 2.75) is 38.1 Å². The summed E-state index contributed by atoms with van der Waals surface area (Å²) < 4.78 is 16.9. The molecule has 38 heavy (non-hydrogen) atoms. The minimum Gasteiger partial charge on any atom is -0.497 e. The average molecular weight is 518 g/mol. The van der Waals surface area contributed by atoms with Crippen LogP contribution in [0.3, 0.4) is 0 Å². The molecule has 2 saturated heterocycles. The Balaban J connectivity index is 1.37. The van der Waals surface area contributed by atoms with Crippen molar-refractivity contribution < 1.29 is 28.3 Å². The fourth-order valence-corrected chi connectivity index (χ4v) is 5.21. The van der Waals surface area contributed by atoms with Crippen LogP contribution in [-0.4, -0.2) is 66.1 Å². The lowest BCUT2D eigenvalue weighted by molar-refractivity contribution is -0.128. The monoisotopic (exact) mass is 517 g/mol. The van der Waals surface area contributed by atoms with Crippen LogP contribution in [0.1, 0.15) is 44.9 Å². The van der Waals surface area contributed by atoms with Crippen LogP contribution in [0.25, 0.3) is 0 Å². The van der Waals surface area contributed by atoms with Gasteiger partial charge in [0.25, 0.3) is 11.8 Å². The van der Waals surface area contributed by atoms with Crippen molar-refractivity contribution in [2.24, 2.45) is 0 Å². The first-order valence-electron chi connectivity index (χ1n) is 12.7. The molecule has 0 saturated carbocycles. The van der Waals surface area contributed by atoms with Crippen LogP contribution in [0.2, 0.25) is 0 Å². The molecule has 1 atom stereocenters. The van der Waals surface area contributed by atoms with Gasteiger partial charge in [0.15, 0.2) is 0 Å². The average Bonchev–Trinajstić information content (AvgIpc) is 3.60. The molecule has 0 unspecified atom stereocenters. The molecule has 198 valence electrons. The van der Waals surface area contributed by atoms with Crippen molar-refractivity contribution in [1.29, 1.82) is 0 Å². The summed E-state index contributed by atoms with van der Waals surface area (Å²) in [6.07, 6.45) is 2.33. The Bertz CT molecular complexity index is 1310. The Morgan fingerprint density at radius 3 is 2.53 bits per heavy atom. The van der Waals surface area contributed by atoms with Gasteiger partial charge in [-0.05, 0) is 48.9 Å². The van der Waals surface area contributed by atoms with Gasteiger partial charge in [0.05, 0.1) is 26.5 Å². The zero-order valence-electron chi connectivity index (χ0n) is 21.5. The molecule has 5 rings (SSSR count). The number of methoxy groups -OCH3 is 1. The third kappa shape index (κ3) is 4.89. The van der Waals surface area contributed by atoms with Gasteiger partial charge in [-0.1, -0.05) is 24.3 Å². The van der Waals surface area contributed by atoms with E-state index in [0.29, 0.717) is 48.6 Å². The molecule has 1 N–H and O–H groups in total. The van der Waals surface area contributed by atoms with Gasteiger partial charge in [-0.2, -0.15) is 0 Å². The van der Waals surface area contributed by atoms with E-state index >= 15 is 0 Å². The van der Waals surface area contributed by atoms with E-state index < -0.39 is 11.8 Å². The van der Waals surface area contributed by atoms with Gasteiger partial charge >= 0.3 is 0 Å². The normalized spacial score (nSPS) is 18.4. The second-order valence-electron chi connectivity index (χ2n) is 9.58. The van der Waals surface area contributed by atoms with Crippen molar-refractivity contribution >= 4 is 17.7 Å². The molecule has 9 nitrogen and oxygen atoms in total. The molecular weight excluding hydrogens is 486 g/mol. The third-order valence-electron chi connectivity index (χ3n) is 7.32. The lowest BCUT2D eigenvalue weighted by Crippen LogP contribution is -2.59. The Morgan fingerprint density at radius 2 is 1.82 bits per heavy atom. The highest BCUT2D eigenvalue weighted by Gasteiger charge is 2.54. The number of likely N-dealkylation sites (tertiary alicyclic amines) is 1. The molecule has 2 fully saturated rings. The number of furan rings is 1. The maximum Gasteiger partial charge on any atom is 0.257 e. The number of aryl methyl sites for hydroxylation is 1. The summed E-state index contributed by atoms with van der Waals surface area (Å²) in [7, 11) is 1.56. The summed E-state index contributed by atoms with van der Waals surface area (Å²) in [4.78, 5) is 43.8. The molecule has 3 amide bonds. The van der Waals surface area contributed by atoms with Crippen LogP contribution < -0.4 is 10.1 Å². The highest BCUT2D eigenvalue weighted by atomic mass is 16.5. The third-order valence-corrected chi connectivity index (χ3v) is 7.32. The lowest BCUT2D eigenvalue weighted by atomic mass is 9.95. The Morgan fingerprint density at radius 1 is 1.03 bits per heavy atom. The number of amides is 3. The number of carbonyl (C=O) groups is 3. The fourth-order valence-electron chi connectivity index (χ4n) is 5.21. The number of benzene rings is 2. The number of nitrogens with zero attached hydrogens (tertiary/aromatic N) is 2. The maximum atomic E-state index is 13.9. The van der Waals surface area contributed by atoms with Crippen molar-refractivity contribution in [3.63, 3.8) is 0 Å². The minimum absolute atomic E-state index is 0.0748. The maximum absolute atomic E-state index is 13.9. The summed E-state index contributed by atoms with van der Waals surface area (Å²) in [6, 6.07) is 17.1. The van der Waals surface area contributed by atoms with Gasteiger partial charge in [-0.15, -0.1) is 0 Å². The summed E-state index contributed by atoms with van der Waals surface area (Å²) in [5.41, 5.74) is 0.892. The molecule has 3 heterocycles. The first-order valence-corrected chi connectivity index (χ1v) is 12.7. The standard InChI is InChI=1S/C29H31N3O6/c1-20-7-3-4-11-24(20)28(35)32-25(26(33)30-18-23-10-6-16-37-23)19-38-29(32)12-14-31(15-13-29)27(34)21-8-5-9-22(17-21)36-2/h3-11,16-17,25H,12-15,18-19H2,1-2H3,(H,30,33)/t25-/m1/s1. The largest absolute Gasteiger partial charge is 0.497 e. The first kappa shape index (κ1) is 25.5. The molecule has 3 aromatic rings. The smallest absolute Gasteiger partial charge is 0.257 e. The van der Waals surface area contributed by atoms with Crippen molar-refractivity contribution in [3.05, 3.63) is 89.4 Å². The molecule has 1 aromatic heterocycles. The van der Waals surface area contributed by atoms with Gasteiger partial charge in [-0.3, -0.25) is 19.3 Å². The number of piperidine rings is 1. The van der Waals surface area contributed by atoms with Crippen molar-refractivity contribution in [2.75, 3.05) is 26.8 Å². The molecule has 9 heteroatoms. The van der Waals surface area contributed by atoms with E-state index in [1.165, 1.54) is 0 Å². The molecule has 2 aromatic carbocycles. The topological polar surface area (TPSA) is 101 Å². The van der Waals surface area contributed by atoms with E-state index in [-0.39, 0.29) is 30.9 Å². The second kappa shape index (κ2) is 10.7.